The number of aryl methyl sites for hydroxylation is 1. The monoisotopic (exact) mass is 220 g/mol. The minimum Gasteiger partial charge on any atom is -0.497 e. The lowest BCUT2D eigenvalue weighted by molar-refractivity contribution is 0.415. The van der Waals surface area contributed by atoms with E-state index in [2.05, 4.69) is 4.98 Å². The Balaban J connectivity index is 2.22. The van der Waals surface area contributed by atoms with Gasteiger partial charge < -0.3 is 14.9 Å². The fourth-order valence-corrected chi connectivity index (χ4v) is 1.54. The largest absolute Gasteiger partial charge is 0.497 e. The van der Waals surface area contributed by atoms with E-state index in [0.29, 0.717) is 0 Å². The zero-order chi connectivity index (χ0) is 11.5. The molecule has 0 aliphatic carbocycles. The summed E-state index contributed by atoms with van der Waals surface area (Å²) >= 11 is 0. The average Bonchev–Trinajstić information content (AvgIpc) is 2.67. The Morgan fingerprint density at radius 2 is 2.31 bits per heavy atom. The number of rotatable bonds is 4. The third-order valence-electron chi connectivity index (χ3n) is 2.45. The molecule has 0 aliphatic heterocycles. The van der Waals surface area contributed by atoms with Gasteiger partial charge in [-0.15, -0.1) is 0 Å². The van der Waals surface area contributed by atoms with Crippen molar-refractivity contribution in [2.45, 2.75) is 25.8 Å². The van der Waals surface area contributed by atoms with Crippen molar-refractivity contribution in [3.8, 4) is 5.75 Å². The molecular formula is C12H16N2O2. The van der Waals surface area contributed by atoms with E-state index < -0.39 is 0 Å². The van der Waals surface area contributed by atoms with Crippen LogP contribution in [0.15, 0.2) is 22.6 Å². The Hall–Kier alpha value is -1.55. The van der Waals surface area contributed by atoms with Gasteiger partial charge in [-0.1, -0.05) is 0 Å². The van der Waals surface area contributed by atoms with Crippen LogP contribution in [0.4, 0.5) is 0 Å². The SMILES string of the molecule is COc1ccc2oc(CCC(C)N)nc2c1. The van der Waals surface area contributed by atoms with Gasteiger partial charge in [-0.3, -0.25) is 0 Å². The molecule has 2 rings (SSSR count). The van der Waals surface area contributed by atoms with Crippen LogP contribution >= 0.6 is 0 Å². The van der Waals surface area contributed by atoms with Gasteiger partial charge in [0.15, 0.2) is 11.5 Å². The van der Waals surface area contributed by atoms with Crippen LogP contribution in [-0.4, -0.2) is 18.1 Å². The van der Waals surface area contributed by atoms with Crippen molar-refractivity contribution in [2.75, 3.05) is 7.11 Å². The predicted molar refractivity (Wildman–Crippen MR) is 62.5 cm³/mol. The van der Waals surface area contributed by atoms with Crippen LogP contribution in [0, 0.1) is 0 Å². The summed E-state index contributed by atoms with van der Waals surface area (Å²) in [6.07, 6.45) is 1.65. The third-order valence-corrected chi connectivity index (χ3v) is 2.45. The van der Waals surface area contributed by atoms with E-state index in [9.17, 15) is 0 Å². The van der Waals surface area contributed by atoms with Crippen LogP contribution in [-0.2, 0) is 6.42 Å². The Labute approximate surface area is 94.4 Å². The van der Waals surface area contributed by atoms with Crippen LogP contribution < -0.4 is 10.5 Å². The Morgan fingerprint density at radius 3 is 3.00 bits per heavy atom. The van der Waals surface area contributed by atoms with Crippen molar-refractivity contribution >= 4 is 11.1 Å². The molecule has 0 amide bonds. The quantitative estimate of drug-likeness (QED) is 0.857. The van der Waals surface area contributed by atoms with Gasteiger partial charge in [-0.05, 0) is 25.5 Å². The highest BCUT2D eigenvalue weighted by Gasteiger charge is 2.07. The molecule has 16 heavy (non-hydrogen) atoms. The number of nitrogens with zero attached hydrogens (tertiary/aromatic N) is 1. The third kappa shape index (κ3) is 2.33. The van der Waals surface area contributed by atoms with E-state index in [1.54, 1.807) is 7.11 Å². The summed E-state index contributed by atoms with van der Waals surface area (Å²) in [6.45, 7) is 1.98. The van der Waals surface area contributed by atoms with Crippen molar-refractivity contribution in [1.82, 2.24) is 4.98 Å². The molecule has 0 bridgehead atoms. The first-order chi connectivity index (χ1) is 7.69. The van der Waals surface area contributed by atoms with E-state index in [0.717, 1.165) is 35.6 Å². The topological polar surface area (TPSA) is 61.3 Å². The molecule has 4 nitrogen and oxygen atoms in total. The normalized spacial score (nSPS) is 12.9. The van der Waals surface area contributed by atoms with Gasteiger partial charge >= 0.3 is 0 Å². The van der Waals surface area contributed by atoms with Gasteiger partial charge in [0.05, 0.1) is 7.11 Å². The molecule has 86 valence electrons. The molecule has 1 atom stereocenters. The summed E-state index contributed by atoms with van der Waals surface area (Å²) < 4.78 is 10.7. The number of nitrogens with two attached hydrogens (primary N) is 1. The molecule has 2 N–H and O–H groups in total. The van der Waals surface area contributed by atoms with Crippen molar-refractivity contribution in [1.29, 1.82) is 0 Å². The minimum absolute atomic E-state index is 0.171. The molecule has 1 unspecified atom stereocenters. The number of oxazole rings is 1. The first-order valence-corrected chi connectivity index (χ1v) is 5.38. The molecule has 4 heteroatoms. The second-order valence-electron chi connectivity index (χ2n) is 3.96. The van der Waals surface area contributed by atoms with E-state index in [4.69, 9.17) is 14.9 Å². The van der Waals surface area contributed by atoms with Crippen molar-refractivity contribution in [3.63, 3.8) is 0 Å². The standard InChI is InChI=1S/C12H16N2O2/c1-8(13)3-6-12-14-10-7-9(15-2)4-5-11(10)16-12/h4-5,7-8H,3,6,13H2,1-2H3. The minimum atomic E-state index is 0.171. The number of aromatic nitrogens is 1. The highest BCUT2D eigenvalue weighted by Crippen LogP contribution is 2.21. The van der Waals surface area contributed by atoms with Gasteiger partial charge in [0, 0.05) is 18.5 Å². The number of benzene rings is 1. The molecule has 2 aromatic rings. The molecule has 0 saturated carbocycles. The lowest BCUT2D eigenvalue weighted by atomic mass is 10.2. The van der Waals surface area contributed by atoms with Crippen molar-refractivity contribution in [2.24, 2.45) is 5.73 Å². The van der Waals surface area contributed by atoms with Gasteiger partial charge in [-0.25, -0.2) is 4.98 Å². The number of ether oxygens (including phenoxy) is 1. The van der Waals surface area contributed by atoms with E-state index in [1.165, 1.54) is 0 Å². The fraction of sp³-hybridized carbons (Fsp3) is 0.417. The smallest absolute Gasteiger partial charge is 0.195 e. The molecule has 0 aliphatic rings. The second kappa shape index (κ2) is 4.53. The van der Waals surface area contributed by atoms with E-state index in [1.807, 2.05) is 25.1 Å². The molecule has 0 spiro atoms. The lowest BCUT2D eigenvalue weighted by Crippen LogP contribution is -2.15. The molecule has 1 aromatic carbocycles. The highest BCUT2D eigenvalue weighted by molar-refractivity contribution is 5.74. The maximum absolute atomic E-state index is 5.69. The van der Waals surface area contributed by atoms with Crippen molar-refractivity contribution in [3.05, 3.63) is 24.1 Å². The molecule has 0 fully saturated rings. The lowest BCUT2D eigenvalue weighted by Gasteiger charge is -1.99. The van der Waals surface area contributed by atoms with Gasteiger partial charge in [0.25, 0.3) is 0 Å². The Bertz CT molecular complexity index is 477. The Kier molecular flexibility index (Phi) is 3.10. The van der Waals surface area contributed by atoms with Crippen molar-refractivity contribution < 1.29 is 9.15 Å². The van der Waals surface area contributed by atoms with Gasteiger partial charge in [0.2, 0.25) is 0 Å². The number of hydrogen-bond donors (Lipinski definition) is 1. The first-order valence-electron chi connectivity index (χ1n) is 5.38. The van der Waals surface area contributed by atoms with Crippen LogP contribution in [0.2, 0.25) is 0 Å². The number of fused-ring (bicyclic) bond motifs is 1. The average molecular weight is 220 g/mol. The summed E-state index contributed by atoms with van der Waals surface area (Å²) in [5.41, 5.74) is 7.32. The van der Waals surface area contributed by atoms with Gasteiger partial charge in [-0.2, -0.15) is 0 Å². The van der Waals surface area contributed by atoms with Gasteiger partial charge in [0.1, 0.15) is 11.3 Å². The highest BCUT2D eigenvalue weighted by atomic mass is 16.5. The second-order valence-corrected chi connectivity index (χ2v) is 3.96. The van der Waals surface area contributed by atoms with E-state index in [-0.39, 0.29) is 6.04 Å². The summed E-state index contributed by atoms with van der Waals surface area (Å²) in [7, 11) is 1.64. The molecule has 1 aromatic heterocycles. The Morgan fingerprint density at radius 1 is 1.50 bits per heavy atom. The molecule has 0 saturated heterocycles. The van der Waals surface area contributed by atoms with Crippen LogP contribution in [0.25, 0.3) is 11.1 Å². The summed E-state index contributed by atoms with van der Waals surface area (Å²) in [5.74, 6) is 1.53. The first kappa shape index (κ1) is 11.0. The van der Waals surface area contributed by atoms with Crippen LogP contribution in [0.1, 0.15) is 19.2 Å². The molecular weight excluding hydrogens is 204 g/mol. The summed E-state index contributed by atoms with van der Waals surface area (Å²) in [6, 6.07) is 5.78. The van der Waals surface area contributed by atoms with Crippen LogP contribution in [0.3, 0.4) is 0 Å². The molecule has 0 radical (unpaired) electrons. The van der Waals surface area contributed by atoms with E-state index >= 15 is 0 Å². The summed E-state index contributed by atoms with van der Waals surface area (Å²) in [4.78, 5) is 4.39. The molecule has 1 heterocycles. The van der Waals surface area contributed by atoms with Crippen LogP contribution in [0.5, 0.6) is 5.75 Å². The summed E-state index contributed by atoms with van der Waals surface area (Å²) in [5, 5.41) is 0. The maximum Gasteiger partial charge on any atom is 0.195 e. The predicted octanol–water partition coefficient (Wildman–Crippen LogP) is 2.12. The number of hydrogen-bond acceptors (Lipinski definition) is 4. The zero-order valence-electron chi connectivity index (χ0n) is 9.56. The maximum atomic E-state index is 5.69. The fourth-order valence-electron chi connectivity index (χ4n) is 1.54. The zero-order valence-corrected chi connectivity index (χ0v) is 9.56. The number of methoxy groups -OCH3 is 1.